The van der Waals surface area contributed by atoms with Crippen LogP contribution in [0.4, 0.5) is 10.1 Å². The molecule has 1 saturated heterocycles. The molecule has 4 heteroatoms. The smallest absolute Gasteiger partial charge is 0.161 e. The van der Waals surface area contributed by atoms with Crippen LogP contribution in [0.15, 0.2) is 12.1 Å². The largest absolute Gasteiger partial charge is 0.377 e. The van der Waals surface area contributed by atoms with Gasteiger partial charge in [0.2, 0.25) is 0 Å². The van der Waals surface area contributed by atoms with E-state index in [2.05, 4.69) is 4.90 Å². The molecule has 3 nitrogen and oxygen atoms in total. The normalized spacial score (nSPS) is 20.0. The number of benzene rings is 1. The molecule has 0 aromatic heterocycles. The average Bonchev–Trinajstić information content (AvgIpc) is 2.32. The van der Waals surface area contributed by atoms with Gasteiger partial charge in [-0.2, -0.15) is 0 Å². The van der Waals surface area contributed by atoms with Gasteiger partial charge in [0.1, 0.15) is 5.82 Å². The lowest BCUT2D eigenvalue weighted by Crippen LogP contribution is -2.44. The molecular formula is C14H18FNO2. The Morgan fingerprint density at radius 1 is 1.50 bits per heavy atom. The summed E-state index contributed by atoms with van der Waals surface area (Å²) in [4.78, 5) is 13.8. The predicted molar refractivity (Wildman–Crippen MR) is 68.8 cm³/mol. The van der Waals surface area contributed by atoms with E-state index in [1.165, 1.54) is 13.0 Å². The zero-order valence-corrected chi connectivity index (χ0v) is 11.0. The van der Waals surface area contributed by atoms with Crippen molar-refractivity contribution in [2.45, 2.75) is 26.8 Å². The van der Waals surface area contributed by atoms with Crippen LogP contribution in [-0.4, -0.2) is 31.6 Å². The molecule has 0 radical (unpaired) electrons. The summed E-state index contributed by atoms with van der Waals surface area (Å²) in [6.45, 7) is 7.23. The van der Waals surface area contributed by atoms with Gasteiger partial charge in [-0.15, -0.1) is 0 Å². The van der Waals surface area contributed by atoms with Gasteiger partial charge in [-0.3, -0.25) is 4.79 Å². The lowest BCUT2D eigenvalue weighted by Gasteiger charge is -2.36. The van der Waals surface area contributed by atoms with Crippen molar-refractivity contribution >= 4 is 11.5 Å². The molecule has 0 amide bonds. The van der Waals surface area contributed by atoms with Crippen LogP contribution >= 0.6 is 0 Å². The number of carbonyl (C=O) groups excluding carboxylic acids is 1. The van der Waals surface area contributed by atoms with Gasteiger partial charge in [-0.25, -0.2) is 4.39 Å². The molecular weight excluding hydrogens is 233 g/mol. The van der Waals surface area contributed by atoms with Gasteiger partial charge in [0.25, 0.3) is 0 Å². The monoisotopic (exact) mass is 251 g/mol. The van der Waals surface area contributed by atoms with Crippen molar-refractivity contribution in [1.29, 1.82) is 0 Å². The first kappa shape index (κ1) is 13.0. The number of aryl methyl sites for hydroxylation is 1. The van der Waals surface area contributed by atoms with Crippen LogP contribution in [0.1, 0.15) is 29.8 Å². The minimum absolute atomic E-state index is 0.109. The number of carbonyl (C=O) groups is 1. The molecule has 1 aliphatic heterocycles. The molecule has 18 heavy (non-hydrogen) atoms. The van der Waals surface area contributed by atoms with Crippen LogP contribution in [0.5, 0.6) is 0 Å². The van der Waals surface area contributed by atoms with Gasteiger partial charge in [-0.05, 0) is 38.5 Å². The number of rotatable bonds is 2. The quantitative estimate of drug-likeness (QED) is 0.757. The molecule has 98 valence electrons. The lowest BCUT2D eigenvalue weighted by atomic mass is 10.0. The predicted octanol–water partition coefficient (Wildman–Crippen LogP) is 2.56. The number of hydrogen-bond acceptors (Lipinski definition) is 3. The second kappa shape index (κ2) is 5.06. The fourth-order valence-corrected chi connectivity index (χ4v) is 2.27. The topological polar surface area (TPSA) is 29.5 Å². The van der Waals surface area contributed by atoms with Crippen molar-refractivity contribution < 1.29 is 13.9 Å². The molecule has 1 fully saturated rings. The summed E-state index contributed by atoms with van der Waals surface area (Å²) in [5, 5.41) is 0. The van der Waals surface area contributed by atoms with E-state index in [-0.39, 0.29) is 17.6 Å². The highest BCUT2D eigenvalue weighted by atomic mass is 19.1. The number of halogens is 1. The highest BCUT2D eigenvalue weighted by molar-refractivity contribution is 6.00. The van der Waals surface area contributed by atoms with Gasteiger partial charge < -0.3 is 9.64 Å². The van der Waals surface area contributed by atoms with E-state index in [1.807, 2.05) is 6.92 Å². The number of hydrogen-bond donors (Lipinski definition) is 0. The molecule has 1 aliphatic rings. The van der Waals surface area contributed by atoms with Crippen molar-refractivity contribution in [2.24, 2.45) is 0 Å². The molecule has 0 aliphatic carbocycles. The Bertz CT molecular complexity index is 473. The Morgan fingerprint density at radius 3 is 2.83 bits per heavy atom. The van der Waals surface area contributed by atoms with Gasteiger partial charge in [-0.1, -0.05) is 0 Å². The maximum atomic E-state index is 13.6. The highest BCUT2D eigenvalue weighted by Gasteiger charge is 2.23. The van der Waals surface area contributed by atoms with Crippen LogP contribution in [0.2, 0.25) is 0 Å². The molecule has 1 heterocycles. The van der Waals surface area contributed by atoms with Crippen LogP contribution in [-0.2, 0) is 4.74 Å². The SMILES string of the molecule is CC(=O)c1cc(F)c(C)cc1N1CCOCC1C. The first-order valence-corrected chi connectivity index (χ1v) is 6.16. The summed E-state index contributed by atoms with van der Waals surface area (Å²) in [6.07, 6.45) is 0. The van der Waals surface area contributed by atoms with Gasteiger partial charge in [0.05, 0.1) is 13.2 Å². The van der Waals surface area contributed by atoms with Crippen molar-refractivity contribution in [3.63, 3.8) is 0 Å². The summed E-state index contributed by atoms with van der Waals surface area (Å²) < 4.78 is 19.0. The Kier molecular flexibility index (Phi) is 3.66. The fraction of sp³-hybridized carbons (Fsp3) is 0.500. The third-order valence-electron chi connectivity index (χ3n) is 3.33. The zero-order chi connectivity index (χ0) is 13.3. The van der Waals surface area contributed by atoms with Crippen LogP contribution in [0.25, 0.3) is 0 Å². The summed E-state index contributed by atoms with van der Waals surface area (Å²) in [5.74, 6) is -0.438. The van der Waals surface area contributed by atoms with Crippen molar-refractivity contribution in [2.75, 3.05) is 24.7 Å². The van der Waals surface area contributed by atoms with Crippen molar-refractivity contribution in [3.05, 3.63) is 29.1 Å². The molecule has 1 aromatic rings. The van der Waals surface area contributed by atoms with E-state index in [9.17, 15) is 9.18 Å². The lowest BCUT2D eigenvalue weighted by molar-refractivity contribution is 0.0973. The van der Waals surface area contributed by atoms with Gasteiger partial charge >= 0.3 is 0 Å². The van der Waals surface area contributed by atoms with E-state index >= 15 is 0 Å². The number of morpholine rings is 1. The third-order valence-corrected chi connectivity index (χ3v) is 3.33. The minimum atomic E-state index is -0.329. The molecule has 1 atom stereocenters. The molecule has 0 saturated carbocycles. The van der Waals surface area contributed by atoms with Gasteiger partial charge in [0, 0.05) is 23.8 Å². The van der Waals surface area contributed by atoms with Gasteiger partial charge in [0.15, 0.2) is 5.78 Å². The third kappa shape index (κ3) is 2.38. The minimum Gasteiger partial charge on any atom is -0.377 e. The number of Topliss-reactive ketones (excluding diaryl/α,β-unsaturated/α-hetero) is 1. The van der Waals surface area contributed by atoms with Crippen molar-refractivity contribution in [3.8, 4) is 0 Å². The second-order valence-electron chi connectivity index (χ2n) is 4.79. The zero-order valence-electron chi connectivity index (χ0n) is 11.0. The maximum absolute atomic E-state index is 13.6. The van der Waals surface area contributed by atoms with E-state index in [1.54, 1.807) is 13.0 Å². The summed E-state index contributed by atoms with van der Waals surface area (Å²) in [6, 6.07) is 3.30. The Morgan fingerprint density at radius 2 is 2.22 bits per heavy atom. The van der Waals surface area contributed by atoms with Crippen molar-refractivity contribution in [1.82, 2.24) is 0 Å². The van der Waals surface area contributed by atoms with E-state index < -0.39 is 0 Å². The van der Waals surface area contributed by atoms with Crippen LogP contribution in [0.3, 0.4) is 0 Å². The Hall–Kier alpha value is -1.42. The maximum Gasteiger partial charge on any atom is 0.161 e. The summed E-state index contributed by atoms with van der Waals surface area (Å²) in [7, 11) is 0. The van der Waals surface area contributed by atoms with Crippen LogP contribution < -0.4 is 4.90 Å². The second-order valence-corrected chi connectivity index (χ2v) is 4.79. The van der Waals surface area contributed by atoms with Crippen LogP contribution in [0, 0.1) is 12.7 Å². The Balaban J connectivity index is 2.47. The first-order valence-electron chi connectivity index (χ1n) is 6.16. The summed E-state index contributed by atoms with van der Waals surface area (Å²) >= 11 is 0. The Labute approximate surface area is 107 Å². The fourth-order valence-electron chi connectivity index (χ4n) is 2.27. The summed E-state index contributed by atoms with van der Waals surface area (Å²) in [5.41, 5.74) is 1.83. The van der Waals surface area contributed by atoms with E-state index in [0.29, 0.717) is 24.3 Å². The highest BCUT2D eigenvalue weighted by Crippen LogP contribution is 2.27. The molecule has 0 spiro atoms. The standard InChI is InChI=1S/C14H18FNO2/c1-9-6-14(12(11(3)17)7-13(9)15)16-4-5-18-8-10(16)2/h6-7,10H,4-5,8H2,1-3H3. The molecule has 0 bridgehead atoms. The molecule has 2 rings (SSSR count). The molecule has 1 aromatic carbocycles. The molecule has 0 N–H and O–H groups in total. The number of anilines is 1. The van der Waals surface area contributed by atoms with E-state index in [0.717, 1.165) is 12.2 Å². The molecule has 1 unspecified atom stereocenters. The van der Waals surface area contributed by atoms with E-state index in [4.69, 9.17) is 4.74 Å². The number of ether oxygens (including phenoxy) is 1. The number of nitrogens with zero attached hydrogens (tertiary/aromatic N) is 1. The number of ketones is 1. The first-order chi connectivity index (χ1) is 8.50. The average molecular weight is 251 g/mol.